The van der Waals surface area contributed by atoms with Crippen LogP contribution in [0.15, 0.2) is 71.5 Å². The summed E-state index contributed by atoms with van der Waals surface area (Å²) in [7, 11) is 0. The normalized spacial score (nSPS) is 10.7. The van der Waals surface area contributed by atoms with Gasteiger partial charge < -0.3 is 9.26 Å². The summed E-state index contributed by atoms with van der Waals surface area (Å²) in [5, 5.41) is 8.09. The molecule has 2 aromatic heterocycles. The van der Waals surface area contributed by atoms with E-state index in [0.717, 1.165) is 16.8 Å². The Bertz CT molecular complexity index is 1050. The molecule has 0 bridgehead atoms. The summed E-state index contributed by atoms with van der Waals surface area (Å²) in [6.45, 7) is 1.89. The number of rotatable bonds is 5. The van der Waals surface area contributed by atoms with Gasteiger partial charge in [0, 0.05) is 18.0 Å². The van der Waals surface area contributed by atoms with E-state index in [0.29, 0.717) is 11.4 Å². The first-order valence-corrected chi connectivity index (χ1v) is 8.36. The van der Waals surface area contributed by atoms with E-state index in [1.165, 1.54) is 0 Å². The van der Waals surface area contributed by atoms with Crippen LogP contribution in [0.3, 0.4) is 0 Å². The molecule has 0 atom stereocenters. The lowest BCUT2D eigenvalue weighted by molar-refractivity contribution is 0.0430. The van der Waals surface area contributed by atoms with Gasteiger partial charge in [-0.1, -0.05) is 29.4 Å². The molecular formula is C20H16N4O3. The Morgan fingerprint density at radius 1 is 1.11 bits per heavy atom. The van der Waals surface area contributed by atoms with E-state index >= 15 is 0 Å². The molecule has 0 N–H and O–H groups in total. The molecule has 0 aliphatic carbocycles. The lowest BCUT2D eigenvalue weighted by Crippen LogP contribution is -2.06. The van der Waals surface area contributed by atoms with Crippen molar-refractivity contribution in [3.05, 3.63) is 84.0 Å². The van der Waals surface area contributed by atoms with Crippen molar-refractivity contribution in [3.8, 4) is 17.1 Å². The van der Waals surface area contributed by atoms with Crippen LogP contribution in [-0.4, -0.2) is 25.9 Å². The number of aromatic nitrogens is 4. The van der Waals surface area contributed by atoms with Crippen LogP contribution in [0.25, 0.3) is 17.1 Å². The van der Waals surface area contributed by atoms with Crippen LogP contribution in [-0.2, 0) is 11.3 Å². The van der Waals surface area contributed by atoms with Crippen LogP contribution in [0.4, 0.5) is 0 Å². The van der Waals surface area contributed by atoms with Crippen LogP contribution < -0.4 is 0 Å². The monoisotopic (exact) mass is 360 g/mol. The van der Waals surface area contributed by atoms with Crippen LogP contribution in [0.1, 0.15) is 21.8 Å². The van der Waals surface area contributed by atoms with Gasteiger partial charge in [-0.15, -0.1) is 0 Å². The van der Waals surface area contributed by atoms with Crippen LogP contribution in [0.5, 0.6) is 0 Å². The number of hydrogen-bond donors (Lipinski definition) is 0. The largest absolute Gasteiger partial charge is 0.452 e. The molecule has 0 amide bonds. The van der Waals surface area contributed by atoms with E-state index in [2.05, 4.69) is 15.2 Å². The number of hydrogen-bond acceptors (Lipinski definition) is 6. The Morgan fingerprint density at radius 3 is 2.67 bits per heavy atom. The molecule has 27 heavy (non-hydrogen) atoms. The average Bonchev–Trinajstić information content (AvgIpc) is 3.39. The van der Waals surface area contributed by atoms with Crippen molar-refractivity contribution in [2.24, 2.45) is 0 Å². The van der Waals surface area contributed by atoms with Gasteiger partial charge in [-0.3, -0.25) is 0 Å². The summed E-state index contributed by atoms with van der Waals surface area (Å²) in [5.41, 5.74) is 3.22. The molecule has 2 aromatic carbocycles. The predicted octanol–water partition coefficient (Wildman–Crippen LogP) is 3.59. The number of ether oxygens (including phenoxy) is 1. The molecule has 0 fully saturated rings. The Hall–Kier alpha value is -3.74. The quantitative estimate of drug-likeness (QED) is 0.506. The molecule has 0 unspecified atom stereocenters. The molecule has 134 valence electrons. The van der Waals surface area contributed by atoms with E-state index in [9.17, 15) is 4.79 Å². The summed E-state index contributed by atoms with van der Waals surface area (Å²) < 4.78 is 12.2. The van der Waals surface area contributed by atoms with Crippen LogP contribution >= 0.6 is 0 Å². The second kappa shape index (κ2) is 7.25. The fraction of sp³-hybridized carbons (Fsp3) is 0.100. The first-order chi connectivity index (χ1) is 13.2. The zero-order valence-corrected chi connectivity index (χ0v) is 14.6. The molecule has 0 spiro atoms. The fourth-order valence-corrected chi connectivity index (χ4v) is 2.63. The van der Waals surface area contributed by atoms with Crippen molar-refractivity contribution < 1.29 is 14.1 Å². The number of carbonyl (C=O) groups excluding carboxylic acids is 1. The maximum absolute atomic E-state index is 12.2. The Kier molecular flexibility index (Phi) is 4.49. The molecule has 0 saturated heterocycles. The third kappa shape index (κ3) is 3.62. The van der Waals surface area contributed by atoms with E-state index in [4.69, 9.17) is 9.26 Å². The van der Waals surface area contributed by atoms with Gasteiger partial charge in [0.2, 0.25) is 5.82 Å². The van der Waals surface area contributed by atoms with Gasteiger partial charge in [0.05, 0.1) is 11.3 Å². The van der Waals surface area contributed by atoms with Crippen molar-refractivity contribution in [2.45, 2.75) is 13.5 Å². The summed E-state index contributed by atoms with van der Waals surface area (Å²) >= 11 is 0. The summed E-state index contributed by atoms with van der Waals surface area (Å²) in [6.07, 6.45) is 3.52. The first-order valence-electron chi connectivity index (χ1n) is 8.36. The van der Waals surface area contributed by atoms with Crippen LogP contribution in [0.2, 0.25) is 0 Å². The van der Waals surface area contributed by atoms with E-state index < -0.39 is 5.97 Å². The number of esters is 1. The number of benzene rings is 2. The number of carbonyl (C=O) groups is 1. The van der Waals surface area contributed by atoms with Crippen LogP contribution in [0, 0.1) is 6.92 Å². The molecule has 0 aliphatic heterocycles. The molecule has 0 radical (unpaired) electrons. The van der Waals surface area contributed by atoms with Crippen molar-refractivity contribution in [1.82, 2.24) is 19.9 Å². The third-order valence-corrected chi connectivity index (χ3v) is 4.05. The number of aryl methyl sites for hydroxylation is 1. The molecule has 4 rings (SSSR count). The van der Waals surface area contributed by atoms with E-state index in [1.54, 1.807) is 35.1 Å². The Morgan fingerprint density at radius 2 is 1.93 bits per heavy atom. The third-order valence-electron chi connectivity index (χ3n) is 4.05. The molecule has 0 saturated carbocycles. The highest BCUT2D eigenvalue weighted by Gasteiger charge is 2.13. The van der Waals surface area contributed by atoms with Gasteiger partial charge in [0.1, 0.15) is 0 Å². The SMILES string of the molecule is Cc1ccccc1-c1noc(COC(=O)c2ccc(-n3cccn3)cc2)n1. The van der Waals surface area contributed by atoms with Gasteiger partial charge in [0.25, 0.3) is 5.89 Å². The van der Waals surface area contributed by atoms with Gasteiger partial charge in [-0.05, 0) is 42.8 Å². The smallest absolute Gasteiger partial charge is 0.338 e. The molecule has 2 heterocycles. The highest BCUT2D eigenvalue weighted by atomic mass is 16.6. The van der Waals surface area contributed by atoms with Crippen molar-refractivity contribution in [1.29, 1.82) is 0 Å². The standard InChI is InChI=1S/C20H16N4O3/c1-14-5-2-3-6-17(14)19-22-18(27-23-19)13-26-20(25)15-7-9-16(10-8-15)24-12-4-11-21-24/h2-12H,13H2,1H3. The summed E-state index contributed by atoms with van der Waals surface area (Å²) in [6, 6.07) is 16.5. The van der Waals surface area contributed by atoms with Gasteiger partial charge in [-0.2, -0.15) is 10.1 Å². The Balaban J connectivity index is 1.40. The van der Waals surface area contributed by atoms with Gasteiger partial charge in [-0.25, -0.2) is 9.48 Å². The maximum Gasteiger partial charge on any atom is 0.338 e. The zero-order valence-electron chi connectivity index (χ0n) is 14.6. The first kappa shape index (κ1) is 16.7. The number of nitrogens with zero attached hydrogens (tertiary/aromatic N) is 4. The Labute approximate surface area is 155 Å². The van der Waals surface area contributed by atoms with Crippen molar-refractivity contribution in [2.75, 3.05) is 0 Å². The highest BCUT2D eigenvalue weighted by molar-refractivity contribution is 5.89. The van der Waals surface area contributed by atoms with Gasteiger partial charge in [0.15, 0.2) is 6.61 Å². The summed E-state index contributed by atoms with van der Waals surface area (Å²) in [5.74, 6) is 0.259. The second-order valence-electron chi connectivity index (χ2n) is 5.90. The minimum atomic E-state index is -0.461. The second-order valence-corrected chi connectivity index (χ2v) is 5.90. The molecule has 4 aromatic rings. The van der Waals surface area contributed by atoms with Crippen molar-refractivity contribution in [3.63, 3.8) is 0 Å². The minimum Gasteiger partial charge on any atom is -0.452 e. The van der Waals surface area contributed by atoms with Crippen molar-refractivity contribution >= 4 is 5.97 Å². The molecule has 7 heteroatoms. The molecule has 7 nitrogen and oxygen atoms in total. The fourth-order valence-electron chi connectivity index (χ4n) is 2.63. The molecular weight excluding hydrogens is 344 g/mol. The predicted molar refractivity (Wildman–Crippen MR) is 97.2 cm³/mol. The average molecular weight is 360 g/mol. The topological polar surface area (TPSA) is 83.0 Å². The van der Waals surface area contributed by atoms with Gasteiger partial charge >= 0.3 is 5.97 Å². The lowest BCUT2D eigenvalue weighted by atomic mass is 10.1. The minimum absolute atomic E-state index is 0.0847. The maximum atomic E-state index is 12.2. The van der Waals surface area contributed by atoms with E-state index in [1.807, 2.05) is 43.5 Å². The van der Waals surface area contributed by atoms with E-state index in [-0.39, 0.29) is 12.5 Å². The zero-order chi connectivity index (χ0) is 18.6. The summed E-state index contributed by atoms with van der Waals surface area (Å²) in [4.78, 5) is 16.5. The highest BCUT2D eigenvalue weighted by Crippen LogP contribution is 2.20. The molecule has 0 aliphatic rings. The lowest BCUT2D eigenvalue weighted by Gasteiger charge is -2.04.